The van der Waals surface area contributed by atoms with Crippen molar-refractivity contribution in [2.24, 2.45) is 0 Å². The molecular formula is C38H66N2O22. The standard InChI is InChI=1S/C38H66N2O22/c1-16-25(47)30(52)31(53)37(56-16)62-34-33(61-36-23(39-17(2)44)29(51)26(48)19(13-41)58-36)28(50)21(15-43)59-38(34)60-32-24(40-18(3)45)35(57-20(14-42)27(32)49)55-12-10-8-6-5-7-9-11-22(46)54-4/h16,19-21,23-38,41-43,47-53H,5-15H2,1-4H3,(H,39,44)(H,40,45)/t16-,19+,20+,21+,23+,24+,25+,26-,27+,28-,29+,30+,31-,32+,33-,34+,35+,36+,37-,38-/m0/s1. The Hall–Kier alpha value is -2.31. The summed E-state index contributed by atoms with van der Waals surface area (Å²) in [5.74, 6) is -1.61. The van der Waals surface area contributed by atoms with Crippen LogP contribution in [0.15, 0.2) is 0 Å². The van der Waals surface area contributed by atoms with Gasteiger partial charge in [0, 0.05) is 26.9 Å². The van der Waals surface area contributed by atoms with Crippen LogP contribution in [0.4, 0.5) is 0 Å². The van der Waals surface area contributed by atoms with E-state index in [4.69, 9.17) is 37.9 Å². The van der Waals surface area contributed by atoms with Gasteiger partial charge in [0.1, 0.15) is 91.4 Å². The highest BCUT2D eigenvalue weighted by atomic mass is 16.8. The number of carbonyl (C=O) groups is 3. The molecule has 0 bridgehead atoms. The normalized spacial score (nSPS) is 41.3. The van der Waals surface area contributed by atoms with Gasteiger partial charge >= 0.3 is 5.97 Å². The first-order valence-corrected chi connectivity index (χ1v) is 20.9. The number of unbranched alkanes of at least 4 members (excludes halogenated alkanes) is 5. The van der Waals surface area contributed by atoms with Gasteiger partial charge in [-0.2, -0.15) is 0 Å². The third-order valence-corrected chi connectivity index (χ3v) is 11.2. The summed E-state index contributed by atoms with van der Waals surface area (Å²) < 4.78 is 52.6. The van der Waals surface area contributed by atoms with E-state index in [1.807, 2.05) is 0 Å². The Morgan fingerprint density at radius 1 is 0.516 bits per heavy atom. The molecule has 4 saturated heterocycles. The van der Waals surface area contributed by atoms with Crippen molar-refractivity contribution in [3.05, 3.63) is 0 Å². The molecule has 2 amide bonds. The maximum Gasteiger partial charge on any atom is 0.305 e. The fraction of sp³-hybridized carbons (Fsp3) is 0.921. The highest BCUT2D eigenvalue weighted by Gasteiger charge is 2.57. The minimum atomic E-state index is -1.96. The van der Waals surface area contributed by atoms with Crippen LogP contribution in [0.5, 0.6) is 0 Å². The molecule has 4 rings (SSSR count). The molecule has 0 unspecified atom stereocenters. The topological polar surface area (TPSA) is 361 Å². The fourth-order valence-corrected chi connectivity index (χ4v) is 7.77. The number of ether oxygens (including phenoxy) is 9. The smallest absolute Gasteiger partial charge is 0.305 e. The average Bonchev–Trinajstić information content (AvgIpc) is 3.24. The lowest BCUT2D eigenvalue weighted by atomic mass is 9.94. The van der Waals surface area contributed by atoms with Gasteiger partial charge in [-0.1, -0.05) is 25.7 Å². The number of amides is 2. The summed E-state index contributed by atoms with van der Waals surface area (Å²) >= 11 is 0. The van der Waals surface area contributed by atoms with E-state index in [0.717, 1.165) is 32.6 Å². The Balaban J connectivity index is 1.65. The van der Waals surface area contributed by atoms with Gasteiger partial charge in [-0.25, -0.2) is 0 Å². The SMILES string of the molecule is COC(=O)CCCCCCCCO[C@@H]1O[C@H](CO)[C@@H](O)[C@H](O[C@@H]2O[C@H](CO)[C@H](O)[C@H](O[C@H]3O[C@H](CO)[C@H](O)[C@H](O)[C@H]3NC(C)=O)[C@H]2O[C@@H]2O[C@@H](C)[C@@H](O)[C@@H](O)[C@@H]2O)[C@H]1NC(C)=O. The molecule has 0 spiro atoms. The van der Waals surface area contributed by atoms with Crippen LogP contribution in [0.2, 0.25) is 0 Å². The molecular weight excluding hydrogens is 836 g/mol. The lowest BCUT2D eigenvalue weighted by Gasteiger charge is -2.51. The summed E-state index contributed by atoms with van der Waals surface area (Å²) in [7, 11) is 1.33. The number of rotatable bonds is 21. The number of methoxy groups -OCH3 is 1. The van der Waals surface area contributed by atoms with E-state index >= 15 is 0 Å². The van der Waals surface area contributed by atoms with Crippen molar-refractivity contribution in [1.82, 2.24) is 10.6 Å². The minimum Gasteiger partial charge on any atom is -0.469 e. The molecule has 360 valence electrons. The molecule has 0 aliphatic carbocycles. The van der Waals surface area contributed by atoms with E-state index in [2.05, 4.69) is 15.4 Å². The first-order valence-electron chi connectivity index (χ1n) is 20.9. The van der Waals surface area contributed by atoms with Gasteiger partial charge in [-0.3, -0.25) is 14.4 Å². The number of nitrogens with one attached hydrogen (secondary N) is 2. The first-order chi connectivity index (χ1) is 29.5. The van der Waals surface area contributed by atoms with Crippen molar-refractivity contribution in [1.29, 1.82) is 0 Å². The van der Waals surface area contributed by atoms with E-state index in [1.54, 1.807) is 0 Å². The van der Waals surface area contributed by atoms with Crippen LogP contribution in [0.1, 0.15) is 65.7 Å². The molecule has 0 aromatic carbocycles. The Labute approximate surface area is 358 Å². The summed E-state index contributed by atoms with van der Waals surface area (Å²) in [6.07, 6.45) is -25.6. The van der Waals surface area contributed by atoms with Crippen molar-refractivity contribution in [2.45, 2.75) is 188 Å². The maximum absolute atomic E-state index is 12.6. The molecule has 0 aromatic rings. The van der Waals surface area contributed by atoms with E-state index < -0.39 is 154 Å². The van der Waals surface area contributed by atoms with Gasteiger partial charge in [-0.05, 0) is 19.8 Å². The second-order valence-corrected chi connectivity index (χ2v) is 15.9. The summed E-state index contributed by atoms with van der Waals surface area (Å²) in [5.41, 5.74) is 0. The Morgan fingerprint density at radius 3 is 1.61 bits per heavy atom. The minimum absolute atomic E-state index is 0.0970. The quantitative estimate of drug-likeness (QED) is 0.0378. The Kier molecular flexibility index (Phi) is 21.0. The highest BCUT2D eigenvalue weighted by molar-refractivity contribution is 5.73. The van der Waals surface area contributed by atoms with Crippen LogP contribution >= 0.6 is 0 Å². The molecule has 12 N–H and O–H groups in total. The number of carbonyl (C=O) groups excluding carboxylic acids is 3. The Bertz CT molecular complexity index is 1390. The molecule has 0 aromatic heterocycles. The van der Waals surface area contributed by atoms with Crippen molar-refractivity contribution in [3.8, 4) is 0 Å². The number of aliphatic hydroxyl groups is 10. The van der Waals surface area contributed by atoms with E-state index in [9.17, 15) is 65.4 Å². The van der Waals surface area contributed by atoms with Crippen LogP contribution < -0.4 is 10.6 Å². The first kappa shape index (κ1) is 52.3. The summed E-state index contributed by atoms with van der Waals surface area (Å²) in [4.78, 5) is 36.2. The molecule has 0 radical (unpaired) electrons. The number of esters is 1. The van der Waals surface area contributed by atoms with Crippen LogP contribution in [0.3, 0.4) is 0 Å². The lowest BCUT2D eigenvalue weighted by molar-refractivity contribution is -0.397. The maximum atomic E-state index is 12.6. The summed E-state index contributed by atoms with van der Waals surface area (Å²) in [5, 5.41) is 112. The molecule has 0 saturated carbocycles. The second kappa shape index (κ2) is 24.8. The van der Waals surface area contributed by atoms with Gasteiger partial charge in [0.05, 0.1) is 33.0 Å². The second-order valence-electron chi connectivity index (χ2n) is 15.9. The zero-order valence-electron chi connectivity index (χ0n) is 35.2. The van der Waals surface area contributed by atoms with E-state index in [1.165, 1.54) is 21.0 Å². The van der Waals surface area contributed by atoms with Crippen LogP contribution in [0.25, 0.3) is 0 Å². The summed E-state index contributed by atoms with van der Waals surface area (Å²) in [6, 6.07) is -2.90. The van der Waals surface area contributed by atoms with Crippen molar-refractivity contribution < 1.29 is 108 Å². The molecule has 24 heteroatoms. The van der Waals surface area contributed by atoms with E-state index in [0.29, 0.717) is 19.3 Å². The fourth-order valence-electron chi connectivity index (χ4n) is 7.77. The van der Waals surface area contributed by atoms with E-state index in [-0.39, 0.29) is 12.6 Å². The number of hydrogen-bond acceptors (Lipinski definition) is 22. The third-order valence-electron chi connectivity index (χ3n) is 11.2. The average molecular weight is 903 g/mol. The van der Waals surface area contributed by atoms with Crippen LogP contribution in [-0.2, 0) is 57.0 Å². The zero-order valence-corrected chi connectivity index (χ0v) is 35.2. The van der Waals surface area contributed by atoms with Gasteiger partial charge in [-0.15, -0.1) is 0 Å². The van der Waals surface area contributed by atoms with Crippen molar-refractivity contribution >= 4 is 17.8 Å². The predicted octanol–water partition coefficient (Wildman–Crippen LogP) is -5.51. The van der Waals surface area contributed by atoms with Crippen LogP contribution in [0, 0.1) is 0 Å². The molecule has 4 heterocycles. The number of hydrogen-bond donors (Lipinski definition) is 12. The largest absolute Gasteiger partial charge is 0.469 e. The van der Waals surface area contributed by atoms with Crippen LogP contribution in [-0.4, -0.2) is 225 Å². The lowest BCUT2D eigenvalue weighted by Crippen LogP contribution is -2.70. The molecule has 4 fully saturated rings. The van der Waals surface area contributed by atoms with Gasteiger partial charge < -0.3 is 104 Å². The van der Waals surface area contributed by atoms with Crippen molar-refractivity contribution in [3.63, 3.8) is 0 Å². The molecule has 4 aliphatic rings. The number of aliphatic hydroxyl groups excluding tert-OH is 10. The predicted molar refractivity (Wildman–Crippen MR) is 204 cm³/mol. The van der Waals surface area contributed by atoms with Crippen molar-refractivity contribution in [2.75, 3.05) is 33.5 Å². The molecule has 24 nitrogen and oxygen atoms in total. The van der Waals surface area contributed by atoms with Gasteiger partial charge in [0.25, 0.3) is 0 Å². The summed E-state index contributed by atoms with van der Waals surface area (Å²) in [6.45, 7) is 1.21. The molecule has 4 aliphatic heterocycles. The third kappa shape index (κ3) is 13.4. The molecule has 20 atom stereocenters. The Morgan fingerprint density at radius 2 is 1.02 bits per heavy atom. The van der Waals surface area contributed by atoms with Gasteiger partial charge in [0.2, 0.25) is 11.8 Å². The highest BCUT2D eigenvalue weighted by Crippen LogP contribution is 2.36. The van der Waals surface area contributed by atoms with Gasteiger partial charge in [0.15, 0.2) is 25.2 Å². The monoisotopic (exact) mass is 902 g/mol. The zero-order chi connectivity index (χ0) is 45.8. The molecule has 62 heavy (non-hydrogen) atoms.